The van der Waals surface area contributed by atoms with Gasteiger partial charge in [-0.15, -0.1) is 0 Å². The Morgan fingerprint density at radius 2 is 2.00 bits per heavy atom. The zero-order valence-electron chi connectivity index (χ0n) is 10.6. The summed E-state index contributed by atoms with van der Waals surface area (Å²) in [6.45, 7) is 2.89. The first kappa shape index (κ1) is 13.1. The number of sulfone groups is 1. The molecule has 0 saturated carbocycles. The molecule has 0 aromatic heterocycles. The lowest BCUT2D eigenvalue weighted by molar-refractivity contribution is 0.598. The second kappa shape index (κ2) is 5.57. The second-order valence-corrected chi connectivity index (χ2v) is 6.47. The molecule has 1 fully saturated rings. The highest BCUT2D eigenvalue weighted by atomic mass is 32.2. The molecule has 2 rings (SSSR count). The van der Waals surface area contributed by atoms with Gasteiger partial charge in [0.05, 0.1) is 9.80 Å². The van der Waals surface area contributed by atoms with E-state index in [1.807, 2.05) is 13.0 Å². The topological polar surface area (TPSA) is 46.2 Å². The Hall–Kier alpha value is -1.29. The maximum Gasteiger partial charge on any atom is 0.204 e. The fourth-order valence-corrected chi connectivity index (χ4v) is 4.02. The maximum atomic E-state index is 12.6. The summed E-state index contributed by atoms with van der Waals surface area (Å²) in [5.74, 6) is 0. The van der Waals surface area contributed by atoms with Crippen LogP contribution in [0.1, 0.15) is 32.6 Å². The molecule has 1 heterocycles. The summed E-state index contributed by atoms with van der Waals surface area (Å²) in [5, 5.41) is 3.22. The lowest BCUT2D eigenvalue weighted by Crippen LogP contribution is -2.14. The Morgan fingerprint density at radius 1 is 1.28 bits per heavy atom. The fourth-order valence-electron chi connectivity index (χ4n) is 2.25. The molecular formula is C14H19NO2S. The van der Waals surface area contributed by atoms with Crippen LogP contribution in [-0.4, -0.2) is 15.0 Å². The number of allylic oxidation sites excluding steroid dienone is 2. The molecule has 1 aromatic rings. The van der Waals surface area contributed by atoms with E-state index in [4.69, 9.17) is 0 Å². The molecule has 0 aliphatic carbocycles. The van der Waals surface area contributed by atoms with E-state index in [2.05, 4.69) is 5.32 Å². The van der Waals surface area contributed by atoms with Crippen molar-refractivity contribution in [2.75, 3.05) is 6.54 Å². The van der Waals surface area contributed by atoms with Crippen LogP contribution in [0.5, 0.6) is 0 Å². The fraction of sp³-hybridized carbons (Fsp3) is 0.429. The normalized spacial score (nSPS) is 18.5. The van der Waals surface area contributed by atoms with Gasteiger partial charge < -0.3 is 5.32 Å². The van der Waals surface area contributed by atoms with Crippen LogP contribution in [0.25, 0.3) is 0 Å². The van der Waals surface area contributed by atoms with Gasteiger partial charge in [0, 0.05) is 12.2 Å². The van der Waals surface area contributed by atoms with Crippen molar-refractivity contribution in [2.45, 2.75) is 37.5 Å². The average molecular weight is 265 g/mol. The van der Waals surface area contributed by atoms with E-state index in [-0.39, 0.29) is 0 Å². The summed E-state index contributed by atoms with van der Waals surface area (Å²) >= 11 is 0. The molecule has 18 heavy (non-hydrogen) atoms. The minimum atomic E-state index is -3.33. The summed E-state index contributed by atoms with van der Waals surface area (Å²) in [6.07, 6.45) is 3.32. The zero-order valence-corrected chi connectivity index (χ0v) is 11.5. The lowest BCUT2D eigenvalue weighted by atomic mass is 10.2. The summed E-state index contributed by atoms with van der Waals surface area (Å²) in [6, 6.07) is 8.70. The van der Waals surface area contributed by atoms with Gasteiger partial charge in [-0.25, -0.2) is 8.42 Å². The molecule has 1 aliphatic heterocycles. The monoisotopic (exact) mass is 265 g/mol. The van der Waals surface area contributed by atoms with Crippen molar-refractivity contribution in [3.8, 4) is 0 Å². The summed E-state index contributed by atoms with van der Waals surface area (Å²) in [5.41, 5.74) is 0.917. The van der Waals surface area contributed by atoms with Crippen molar-refractivity contribution >= 4 is 9.84 Å². The largest absolute Gasteiger partial charge is 0.388 e. The predicted octanol–water partition coefficient (Wildman–Crippen LogP) is 2.86. The van der Waals surface area contributed by atoms with E-state index in [9.17, 15) is 8.42 Å². The van der Waals surface area contributed by atoms with Gasteiger partial charge >= 0.3 is 0 Å². The first-order chi connectivity index (χ1) is 8.66. The van der Waals surface area contributed by atoms with Crippen LogP contribution in [0.4, 0.5) is 0 Å². The smallest absolute Gasteiger partial charge is 0.204 e. The average Bonchev–Trinajstić information content (AvgIpc) is 2.90. The minimum Gasteiger partial charge on any atom is -0.388 e. The van der Waals surface area contributed by atoms with Crippen LogP contribution in [0, 0.1) is 0 Å². The van der Waals surface area contributed by atoms with E-state index in [0.29, 0.717) is 16.2 Å². The highest BCUT2D eigenvalue weighted by molar-refractivity contribution is 7.95. The van der Waals surface area contributed by atoms with Gasteiger partial charge in [-0.1, -0.05) is 31.5 Å². The van der Waals surface area contributed by atoms with E-state index in [1.54, 1.807) is 24.3 Å². The van der Waals surface area contributed by atoms with Crippen LogP contribution in [0.15, 0.2) is 45.8 Å². The molecule has 0 radical (unpaired) electrons. The third-order valence-corrected chi connectivity index (χ3v) is 5.13. The minimum absolute atomic E-state index is 0.398. The summed E-state index contributed by atoms with van der Waals surface area (Å²) in [4.78, 5) is 0.975. The van der Waals surface area contributed by atoms with E-state index in [1.165, 1.54) is 0 Å². The highest BCUT2D eigenvalue weighted by Crippen LogP contribution is 2.28. The number of benzene rings is 1. The van der Waals surface area contributed by atoms with Crippen molar-refractivity contribution < 1.29 is 8.42 Å². The molecular weight excluding hydrogens is 246 g/mol. The van der Waals surface area contributed by atoms with Crippen molar-refractivity contribution in [2.24, 2.45) is 0 Å². The Morgan fingerprint density at radius 3 is 2.56 bits per heavy atom. The van der Waals surface area contributed by atoms with Gasteiger partial charge in [-0.3, -0.25) is 0 Å². The first-order valence-electron chi connectivity index (χ1n) is 6.42. The van der Waals surface area contributed by atoms with Gasteiger partial charge in [-0.2, -0.15) is 0 Å². The maximum absolute atomic E-state index is 12.6. The van der Waals surface area contributed by atoms with Gasteiger partial charge in [0.2, 0.25) is 9.84 Å². The molecule has 0 spiro atoms. The SMILES string of the molecule is CCC/C(=C1\CCCN1)S(=O)(=O)c1ccccc1. The van der Waals surface area contributed by atoms with E-state index in [0.717, 1.165) is 31.5 Å². The molecule has 1 aromatic carbocycles. The van der Waals surface area contributed by atoms with E-state index >= 15 is 0 Å². The third kappa shape index (κ3) is 2.58. The number of rotatable bonds is 4. The van der Waals surface area contributed by atoms with Gasteiger partial charge in [0.15, 0.2) is 0 Å². The molecule has 1 N–H and O–H groups in total. The Kier molecular flexibility index (Phi) is 4.07. The van der Waals surface area contributed by atoms with Gasteiger partial charge in [0.1, 0.15) is 0 Å². The molecule has 0 unspecified atom stereocenters. The summed E-state index contributed by atoms with van der Waals surface area (Å²) < 4.78 is 25.2. The molecule has 0 bridgehead atoms. The zero-order chi connectivity index (χ0) is 13.0. The molecule has 4 heteroatoms. The predicted molar refractivity (Wildman–Crippen MR) is 72.8 cm³/mol. The van der Waals surface area contributed by atoms with Crippen molar-refractivity contribution in [3.05, 3.63) is 40.9 Å². The molecule has 98 valence electrons. The highest BCUT2D eigenvalue weighted by Gasteiger charge is 2.24. The standard InChI is InChI=1S/C14H19NO2S/c1-2-7-14(13-10-6-11-15-13)18(16,17)12-8-4-3-5-9-12/h3-5,8-9,15H,2,6-7,10-11H2,1H3/b14-13-. The van der Waals surface area contributed by atoms with Gasteiger partial charge in [0.25, 0.3) is 0 Å². The van der Waals surface area contributed by atoms with Crippen molar-refractivity contribution in [3.63, 3.8) is 0 Å². The number of hydrogen-bond acceptors (Lipinski definition) is 3. The third-order valence-electron chi connectivity index (χ3n) is 3.13. The second-order valence-electron chi connectivity index (χ2n) is 4.50. The van der Waals surface area contributed by atoms with Crippen molar-refractivity contribution in [1.82, 2.24) is 5.32 Å². The molecule has 0 amide bonds. The van der Waals surface area contributed by atoms with Crippen molar-refractivity contribution in [1.29, 1.82) is 0 Å². The van der Waals surface area contributed by atoms with E-state index < -0.39 is 9.84 Å². The number of nitrogens with one attached hydrogen (secondary N) is 1. The summed E-state index contributed by atoms with van der Waals surface area (Å²) in [7, 11) is -3.33. The molecule has 3 nitrogen and oxygen atoms in total. The van der Waals surface area contributed by atoms with Crippen LogP contribution in [0.2, 0.25) is 0 Å². The molecule has 0 atom stereocenters. The molecule has 1 saturated heterocycles. The number of hydrogen-bond donors (Lipinski definition) is 1. The first-order valence-corrected chi connectivity index (χ1v) is 7.90. The lowest BCUT2D eigenvalue weighted by Gasteiger charge is -2.12. The van der Waals surface area contributed by atoms with Crippen LogP contribution in [-0.2, 0) is 9.84 Å². The van der Waals surface area contributed by atoms with Crippen LogP contribution < -0.4 is 5.32 Å². The Bertz CT molecular complexity index is 524. The molecule has 1 aliphatic rings. The van der Waals surface area contributed by atoms with Crippen LogP contribution in [0.3, 0.4) is 0 Å². The Labute approximate surface area is 109 Å². The van der Waals surface area contributed by atoms with Gasteiger partial charge in [-0.05, 0) is 31.4 Å². The van der Waals surface area contributed by atoms with Crippen LogP contribution >= 0.6 is 0 Å². The Balaban J connectivity index is 2.46. The quantitative estimate of drug-likeness (QED) is 0.910.